The van der Waals surface area contributed by atoms with Crippen molar-refractivity contribution in [3.63, 3.8) is 0 Å². The molecule has 0 aliphatic rings. The Morgan fingerprint density at radius 1 is 1.16 bits per heavy atom. The van der Waals surface area contributed by atoms with E-state index < -0.39 is 10.8 Å². The molecular formula is C22H13Cl2N3O4S. The van der Waals surface area contributed by atoms with Crippen LogP contribution in [0.3, 0.4) is 0 Å². The third-order valence-corrected chi connectivity index (χ3v) is 5.61. The van der Waals surface area contributed by atoms with E-state index in [2.05, 4.69) is 10.3 Å². The first-order valence-electron chi connectivity index (χ1n) is 9.14. The predicted octanol–water partition coefficient (Wildman–Crippen LogP) is 6.94. The third-order valence-electron chi connectivity index (χ3n) is 4.31. The molecule has 0 bridgehead atoms. The van der Waals surface area contributed by atoms with E-state index in [0.29, 0.717) is 43.5 Å². The van der Waals surface area contributed by atoms with Gasteiger partial charge in [0.15, 0.2) is 5.13 Å². The molecule has 0 saturated heterocycles. The van der Waals surface area contributed by atoms with Crippen molar-refractivity contribution >= 4 is 57.3 Å². The fourth-order valence-corrected chi connectivity index (χ4v) is 4.05. The summed E-state index contributed by atoms with van der Waals surface area (Å²) in [7, 11) is 0. The number of carbonyl (C=O) groups is 1. The number of carbonyl (C=O) groups excluding carboxylic acids is 1. The molecule has 0 atom stereocenters. The summed E-state index contributed by atoms with van der Waals surface area (Å²) in [5.74, 6) is 0.623. The van der Waals surface area contributed by atoms with Gasteiger partial charge < -0.3 is 4.42 Å². The first-order valence-corrected chi connectivity index (χ1v) is 10.8. The molecule has 2 heterocycles. The number of nitrogens with zero attached hydrogens (tertiary/aromatic N) is 2. The number of anilines is 1. The number of furan rings is 1. The van der Waals surface area contributed by atoms with Gasteiger partial charge in [-0.3, -0.25) is 20.2 Å². The Balaban J connectivity index is 1.42. The Morgan fingerprint density at radius 2 is 2.00 bits per heavy atom. The van der Waals surface area contributed by atoms with E-state index in [-0.39, 0.29) is 5.69 Å². The van der Waals surface area contributed by atoms with Crippen LogP contribution in [0.15, 0.2) is 70.5 Å². The summed E-state index contributed by atoms with van der Waals surface area (Å²) in [5, 5.41) is 16.7. The summed E-state index contributed by atoms with van der Waals surface area (Å²) < 4.78 is 5.72. The van der Waals surface area contributed by atoms with E-state index >= 15 is 0 Å². The van der Waals surface area contributed by atoms with Crippen molar-refractivity contribution in [3.05, 3.63) is 92.0 Å². The Kier molecular flexibility index (Phi) is 6.36. The smallest absolute Gasteiger partial charge is 0.270 e. The third kappa shape index (κ3) is 5.05. The van der Waals surface area contributed by atoms with Crippen molar-refractivity contribution in [2.75, 3.05) is 5.32 Å². The molecule has 0 unspecified atom stereocenters. The lowest BCUT2D eigenvalue weighted by Crippen LogP contribution is -2.07. The average Bonchev–Trinajstić information content (AvgIpc) is 3.42. The lowest BCUT2D eigenvalue weighted by Gasteiger charge is -2.00. The molecule has 0 fully saturated rings. The second kappa shape index (κ2) is 9.35. The average molecular weight is 486 g/mol. The molecule has 160 valence electrons. The zero-order chi connectivity index (χ0) is 22.7. The molecule has 0 saturated carbocycles. The van der Waals surface area contributed by atoms with Gasteiger partial charge in [-0.05, 0) is 36.4 Å². The van der Waals surface area contributed by atoms with Crippen LogP contribution in [-0.2, 0) is 4.79 Å². The number of rotatable bonds is 6. The number of aromatic nitrogens is 1. The van der Waals surface area contributed by atoms with E-state index in [1.54, 1.807) is 47.8 Å². The van der Waals surface area contributed by atoms with Gasteiger partial charge in [-0.25, -0.2) is 4.98 Å². The second-order valence-corrected chi connectivity index (χ2v) is 8.20. The monoisotopic (exact) mass is 485 g/mol. The van der Waals surface area contributed by atoms with Gasteiger partial charge in [0.2, 0.25) is 5.91 Å². The topological polar surface area (TPSA) is 98.3 Å². The summed E-state index contributed by atoms with van der Waals surface area (Å²) in [6.07, 6.45) is 2.85. The van der Waals surface area contributed by atoms with E-state index in [9.17, 15) is 14.9 Å². The number of hydrogen-bond donors (Lipinski definition) is 1. The Hall–Kier alpha value is -3.46. The maximum absolute atomic E-state index is 12.2. The number of amides is 1. The number of non-ortho nitro benzene ring substituents is 1. The number of nitro benzene ring substituents is 1. The number of nitro groups is 1. The molecule has 4 aromatic rings. The molecule has 1 N–H and O–H groups in total. The van der Waals surface area contributed by atoms with Crippen LogP contribution in [-0.4, -0.2) is 15.8 Å². The van der Waals surface area contributed by atoms with E-state index in [1.165, 1.54) is 35.6 Å². The van der Waals surface area contributed by atoms with Gasteiger partial charge in [0.25, 0.3) is 5.69 Å². The maximum atomic E-state index is 12.2. The fraction of sp³-hybridized carbons (Fsp3) is 0. The van der Waals surface area contributed by atoms with Gasteiger partial charge in [0.05, 0.1) is 15.6 Å². The molecule has 7 nitrogen and oxygen atoms in total. The van der Waals surface area contributed by atoms with E-state index in [1.807, 2.05) is 0 Å². The van der Waals surface area contributed by atoms with Crippen LogP contribution in [0.1, 0.15) is 5.76 Å². The highest BCUT2D eigenvalue weighted by Crippen LogP contribution is 2.32. The highest BCUT2D eigenvalue weighted by Gasteiger charge is 2.11. The lowest BCUT2D eigenvalue weighted by atomic mass is 10.1. The Morgan fingerprint density at radius 3 is 2.78 bits per heavy atom. The van der Waals surface area contributed by atoms with Crippen LogP contribution >= 0.6 is 34.5 Å². The largest absolute Gasteiger partial charge is 0.457 e. The van der Waals surface area contributed by atoms with Crippen molar-refractivity contribution in [1.82, 2.24) is 4.98 Å². The minimum Gasteiger partial charge on any atom is -0.457 e. The Labute approximate surface area is 196 Å². The summed E-state index contributed by atoms with van der Waals surface area (Å²) in [6, 6.07) is 14.7. The van der Waals surface area contributed by atoms with Crippen LogP contribution in [0.2, 0.25) is 10.0 Å². The van der Waals surface area contributed by atoms with Gasteiger partial charge in [0, 0.05) is 39.7 Å². The fourth-order valence-electron chi connectivity index (χ4n) is 2.82. The number of benzene rings is 2. The maximum Gasteiger partial charge on any atom is 0.270 e. The van der Waals surface area contributed by atoms with Crippen molar-refractivity contribution in [3.8, 4) is 22.6 Å². The number of halogens is 2. The molecule has 1 amide bonds. The molecular weight excluding hydrogens is 473 g/mol. The van der Waals surface area contributed by atoms with Crippen molar-refractivity contribution < 1.29 is 14.1 Å². The Bertz CT molecular complexity index is 1350. The zero-order valence-electron chi connectivity index (χ0n) is 16.1. The highest BCUT2D eigenvalue weighted by molar-refractivity contribution is 7.14. The minimum absolute atomic E-state index is 0.0262. The van der Waals surface area contributed by atoms with Gasteiger partial charge in [-0.1, -0.05) is 35.3 Å². The first-order chi connectivity index (χ1) is 15.4. The standard InChI is InChI=1S/C22H13Cl2N3O4S/c23-14-4-7-17(18(24)11-14)20-8-5-16(31-20)6-9-21(28)26-22-25-19(12-32-22)13-2-1-3-15(10-13)27(29)30/h1-12H,(H,25,26,28)/b9-6+. The zero-order valence-corrected chi connectivity index (χ0v) is 18.4. The van der Waals surface area contributed by atoms with E-state index in [0.717, 1.165) is 0 Å². The van der Waals surface area contributed by atoms with Crippen LogP contribution in [0.4, 0.5) is 10.8 Å². The summed E-state index contributed by atoms with van der Waals surface area (Å²) >= 11 is 13.3. The SMILES string of the molecule is O=C(/C=C/c1ccc(-c2ccc(Cl)cc2Cl)o1)Nc1nc(-c2cccc([N+](=O)[O-])c2)cs1. The quantitative estimate of drug-likeness (QED) is 0.181. The predicted molar refractivity (Wildman–Crippen MR) is 126 cm³/mol. The molecule has 0 radical (unpaired) electrons. The highest BCUT2D eigenvalue weighted by atomic mass is 35.5. The van der Waals surface area contributed by atoms with Crippen molar-refractivity contribution in [2.24, 2.45) is 0 Å². The molecule has 0 aliphatic heterocycles. The number of thiazole rings is 1. The van der Waals surface area contributed by atoms with Gasteiger partial charge in [0.1, 0.15) is 11.5 Å². The molecule has 2 aromatic carbocycles. The van der Waals surface area contributed by atoms with Gasteiger partial charge >= 0.3 is 0 Å². The summed E-state index contributed by atoms with van der Waals surface area (Å²) in [4.78, 5) is 27.0. The normalized spacial score (nSPS) is 11.1. The number of nitrogens with one attached hydrogen (secondary N) is 1. The first kappa shape index (κ1) is 21.8. The minimum atomic E-state index is -0.468. The van der Waals surface area contributed by atoms with E-state index in [4.69, 9.17) is 27.6 Å². The van der Waals surface area contributed by atoms with Crippen molar-refractivity contribution in [1.29, 1.82) is 0 Å². The summed E-state index contributed by atoms with van der Waals surface area (Å²) in [5.41, 5.74) is 1.79. The lowest BCUT2D eigenvalue weighted by molar-refractivity contribution is -0.384. The summed E-state index contributed by atoms with van der Waals surface area (Å²) in [6.45, 7) is 0. The van der Waals surface area contributed by atoms with Crippen molar-refractivity contribution in [2.45, 2.75) is 0 Å². The molecule has 2 aromatic heterocycles. The van der Waals surface area contributed by atoms with Gasteiger partial charge in [-0.2, -0.15) is 0 Å². The van der Waals surface area contributed by atoms with Crippen LogP contribution in [0.5, 0.6) is 0 Å². The van der Waals surface area contributed by atoms with Crippen LogP contribution in [0, 0.1) is 10.1 Å². The van der Waals surface area contributed by atoms with Gasteiger partial charge in [-0.15, -0.1) is 11.3 Å². The van der Waals surface area contributed by atoms with Crippen LogP contribution < -0.4 is 5.32 Å². The molecule has 32 heavy (non-hydrogen) atoms. The molecule has 0 spiro atoms. The molecule has 4 rings (SSSR count). The number of hydrogen-bond acceptors (Lipinski definition) is 6. The molecule has 0 aliphatic carbocycles. The van der Waals surface area contributed by atoms with Crippen LogP contribution in [0.25, 0.3) is 28.7 Å². The second-order valence-electron chi connectivity index (χ2n) is 6.49. The molecule has 10 heteroatoms.